The highest BCUT2D eigenvalue weighted by molar-refractivity contribution is 6.68. The van der Waals surface area contributed by atoms with Crippen LogP contribution in [0.4, 0.5) is 0 Å². The molecule has 0 aliphatic heterocycles. The van der Waals surface area contributed by atoms with E-state index in [1.54, 1.807) is 0 Å². The molecular weight excluding hydrogens is 251 g/mol. The van der Waals surface area contributed by atoms with E-state index in [1.165, 1.54) is 6.08 Å². The standard InChI is InChI=1S/C10H18Cl2O2Si/c1-3-9(13)14-8(2)6-4-5-7-15-10(11)12/h3,8,10H,1,4-7,15H2,2H3. The van der Waals surface area contributed by atoms with Crippen LogP contribution >= 0.6 is 23.2 Å². The Morgan fingerprint density at radius 2 is 2.20 bits per heavy atom. The van der Waals surface area contributed by atoms with Gasteiger partial charge in [0.05, 0.1) is 20.1 Å². The summed E-state index contributed by atoms with van der Waals surface area (Å²) in [7, 11) is -0.318. The van der Waals surface area contributed by atoms with E-state index < -0.39 is 0 Å². The number of halogens is 2. The van der Waals surface area contributed by atoms with Gasteiger partial charge < -0.3 is 4.74 Å². The van der Waals surface area contributed by atoms with E-state index in [9.17, 15) is 4.79 Å². The van der Waals surface area contributed by atoms with Gasteiger partial charge in [-0.2, -0.15) is 0 Å². The molecule has 0 amide bonds. The van der Waals surface area contributed by atoms with Gasteiger partial charge in [-0.1, -0.05) is 25.5 Å². The molecule has 0 aromatic carbocycles. The Balaban J connectivity index is 3.35. The van der Waals surface area contributed by atoms with Crippen LogP contribution in [0.2, 0.25) is 6.04 Å². The summed E-state index contributed by atoms with van der Waals surface area (Å²) in [5, 5.41) is 0. The van der Waals surface area contributed by atoms with Crippen molar-refractivity contribution >= 4 is 38.7 Å². The van der Waals surface area contributed by atoms with Crippen LogP contribution in [0.15, 0.2) is 12.7 Å². The van der Waals surface area contributed by atoms with Crippen molar-refractivity contribution in [2.75, 3.05) is 0 Å². The van der Waals surface area contributed by atoms with Crippen LogP contribution < -0.4 is 0 Å². The summed E-state index contributed by atoms with van der Waals surface area (Å²) in [6, 6.07) is 1.15. The monoisotopic (exact) mass is 268 g/mol. The number of hydrogen-bond acceptors (Lipinski definition) is 2. The molecule has 0 saturated heterocycles. The van der Waals surface area contributed by atoms with Gasteiger partial charge in [-0.05, 0) is 13.3 Å². The van der Waals surface area contributed by atoms with Crippen LogP contribution in [0.5, 0.6) is 0 Å². The van der Waals surface area contributed by atoms with E-state index in [0.717, 1.165) is 25.3 Å². The van der Waals surface area contributed by atoms with Crippen molar-refractivity contribution < 1.29 is 9.53 Å². The van der Waals surface area contributed by atoms with Gasteiger partial charge in [-0.25, -0.2) is 4.79 Å². The highest BCUT2D eigenvalue weighted by Crippen LogP contribution is 2.09. The Morgan fingerprint density at radius 1 is 1.53 bits per heavy atom. The van der Waals surface area contributed by atoms with Gasteiger partial charge in [0.25, 0.3) is 0 Å². The highest BCUT2D eigenvalue weighted by Gasteiger charge is 2.06. The second-order valence-electron chi connectivity index (χ2n) is 3.48. The predicted molar refractivity (Wildman–Crippen MR) is 68.4 cm³/mol. The number of carbonyl (C=O) groups excluding carboxylic acids is 1. The predicted octanol–water partition coefficient (Wildman–Crippen LogP) is 2.62. The van der Waals surface area contributed by atoms with E-state index in [-0.39, 0.29) is 26.1 Å². The number of carbonyl (C=O) groups is 1. The number of unbranched alkanes of at least 4 members (excludes halogenated alkanes) is 1. The molecule has 15 heavy (non-hydrogen) atoms. The van der Waals surface area contributed by atoms with Gasteiger partial charge in [0.2, 0.25) is 0 Å². The molecule has 1 atom stereocenters. The molecule has 5 heteroatoms. The lowest BCUT2D eigenvalue weighted by molar-refractivity contribution is -0.142. The largest absolute Gasteiger partial charge is 0.460 e. The molecule has 0 aliphatic carbocycles. The van der Waals surface area contributed by atoms with Crippen LogP contribution in [0.3, 0.4) is 0 Å². The molecule has 0 aliphatic rings. The SMILES string of the molecule is C=CC(=O)OC(C)CCCC[SiH2]C(Cl)Cl. The number of esters is 1. The van der Waals surface area contributed by atoms with Gasteiger partial charge in [-0.3, -0.25) is 0 Å². The molecule has 0 aromatic heterocycles. The van der Waals surface area contributed by atoms with Crippen molar-refractivity contribution in [2.24, 2.45) is 0 Å². The molecule has 0 spiro atoms. The maximum Gasteiger partial charge on any atom is 0.330 e. The fraction of sp³-hybridized carbons (Fsp3) is 0.700. The molecular formula is C10H18Cl2O2Si. The number of hydrogen-bond donors (Lipinski definition) is 0. The van der Waals surface area contributed by atoms with E-state index >= 15 is 0 Å². The maximum atomic E-state index is 10.8. The summed E-state index contributed by atoms with van der Waals surface area (Å²) in [4.78, 5) is 10.8. The molecule has 0 radical (unpaired) electrons. The fourth-order valence-corrected chi connectivity index (χ4v) is 3.09. The number of alkyl halides is 2. The van der Waals surface area contributed by atoms with Crippen LogP contribution in [0.1, 0.15) is 26.2 Å². The molecule has 1 unspecified atom stereocenters. The first-order valence-electron chi connectivity index (χ1n) is 5.17. The molecule has 0 heterocycles. The third-order valence-electron chi connectivity index (χ3n) is 2.02. The summed E-state index contributed by atoms with van der Waals surface area (Å²) in [6.45, 7) is 5.24. The van der Waals surface area contributed by atoms with Crippen molar-refractivity contribution in [3.05, 3.63) is 12.7 Å². The Bertz CT molecular complexity index is 198. The van der Waals surface area contributed by atoms with Gasteiger partial charge in [0.1, 0.15) is 0 Å². The average molecular weight is 269 g/mol. The first-order valence-corrected chi connectivity index (χ1v) is 7.86. The molecule has 0 saturated carbocycles. The topological polar surface area (TPSA) is 26.3 Å². The minimum absolute atomic E-state index is 0.0278. The molecule has 0 fully saturated rings. The number of rotatable bonds is 8. The first kappa shape index (κ1) is 15.0. The second kappa shape index (κ2) is 9.25. The number of ether oxygens (including phenoxy) is 1. The Morgan fingerprint density at radius 3 is 2.73 bits per heavy atom. The molecule has 0 bridgehead atoms. The lowest BCUT2D eigenvalue weighted by atomic mass is 10.2. The quantitative estimate of drug-likeness (QED) is 0.223. The summed E-state index contributed by atoms with van der Waals surface area (Å²) in [5.41, 5.74) is 0. The lowest BCUT2D eigenvalue weighted by Crippen LogP contribution is -2.12. The Hall–Kier alpha value is 0.00688. The highest BCUT2D eigenvalue weighted by atomic mass is 35.5. The van der Waals surface area contributed by atoms with Crippen LogP contribution in [0, 0.1) is 0 Å². The van der Waals surface area contributed by atoms with Crippen molar-refractivity contribution in [3.8, 4) is 0 Å². The minimum Gasteiger partial charge on any atom is -0.460 e. The van der Waals surface area contributed by atoms with Crippen molar-refractivity contribution in [1.82, 2.24) is 0 Å². The molecule has 0 N–H and O–H groups in total. The maximum absolute atomic E-state index is 10.8. The van der Waals surface area contributed by atoms with Crippen LogP contribution in [-0.4, -0.2) is 26.1 Å². The summed E-state index contributed by atoms with van der Waals surface area (Å²) in [6.07, 6.45) is 4.23. The van der Waals surface area contributed by atoms with E-state index in [2.05, 4.69) is 6.58 Å². The van der Waals surface area contributed by atoms with Crippen molar-refractivity contribution in [2.45, 2.75) is 42.8 Å². The van der Waals surface area contributed by atoms with Crippen LogP contribution in [0.25, 0.3) is 0 Å². The third kappa shape index (κ3) is 10.3. The second-order valence-corrected chi connectivity index (χ2v) is 7.89. The molecule has 2 nitrogen and oxygen atoms in total. The van der Waals surface area contributed by atoms with Crippen molar-refractivity contribution in [3.63, 3.8) is 0 Å². The zero-order valence-corrected chi connectivity index (χ0v) is 12.0. The van der Waals surface area contributed by atoms with Crippen LogP contribution in [-0.2, 0) is 9.53 Å². The zero-order chi connectivity index (χ0) is 11.7. The summed E-state index contributed by atoms with van der Waals surface area (Å²) < 4.78 is 4.91. The summed E-state index contributed by atoms with van der Waals surface area (Å²) >= 11 is 11.3. The Labute approximate surface area is 104 Å². The average Bonchev–Trinajstić information content (AvgIpc) is 2.16. The smallest absolute Gasteiger partial charge is 0.330 e. The van der Waals surface area contributed by atoms with Crippen molar-refractivity contribution in [1.29, 1.82) is 0 Å². The Kier molecular flexibility index (Phi) is 9.25. The molecule has 88 valence electrons. The van der Waals surface area contributed by atoms with Gasteiger partial charge in [0.15, 0.2) is 0 Å². The fourth-order valence-electron chi connectivity index (χ4n) is 1.21. The van der Waals surface area contributed by atoms with E-state index in [0.29, 0.717) is 0 Å². The molecule has 0 aromatic rings. The minimum atomic E-state index is -0.349. The molecule has 0 rings (SSSR count). The van der Waals surface area contributed by atoms with Gasteiger partial charge in [-0.15, -0.1) is 23.2 Å². The van der Waals surface area contributed by atoms with E-state index in [4.69, 9.17) is 27.9 Å². The lowest BCUT2D eigenvalue weighted by Gasteiger charge is -2.11. The van der Waals surface area contributed by atoms with E-state index in [1.807, 2.05) is 6.92 Å². The summed E-state index contributed by atoms with van der Waals surface area (Å²) in [5.74, 6) is -0.349. The first-order chi connectivity index (χ1) is 7.06. The zero-order valence-electron chi connectivity index (χ0n) is 9.05. The normalized spacial score (nSPS) is 13.3. The third-order valence-corrected chi connectivity index (χ3v) is 4.67. The van der Waals surface area contributed by atoms with Gasteiger partial charge >= 0.3 is 5.97 Å². The van der Waals surface area contributed by atoms with Gasteiger partial charge in [0, 0.05) is 6.08 Å².